The lowest BCUT2D eigenvalue weighted by molar-refractivity contribution is -0.125. The molecule has 0 N–H and O–H groups in total. The van der Waals surface area contributed by atoms with E-state index in [-0.39, 0.29) is 11.9 Å². The predicted molar refractivity (Wildman–Crippen MR) is 61.8 cm³/mol. The minimum atomic E-state index is -0.280. The normalized spacial score (nSPS) is 15.6. The lowest BCUT2D eigenvalue weighted by Gasteiger charge is -2.25. The van der Waals surface area contributed by atoms with E-state index in [2.05, 4.69) is 6.58 Å². The molecule has 1 aliphatic heterocycles. The quantitative estimate of drug-likeness (QED) is 0.663. The molecule has 16 heavy (non-hydrogen) atoms. The lowest BCUT2D eigenvalue weighted by Crippen LogP contribution is -2.40. The third-order valence-corrected chi connectivity index (χ3v) is 2.85. The van der Waals surface area contributed by atoms with Gasteiger partial charge in [-0.25, -0.2) is 4.79 Å². The van der Waals surface area contributed by atoms with Gasteiger partial charge in [0.2, 0.25) is 0 Å². The van der Waals surface area contributed by atoms with Crippen molar-refractivity contribution in [2.45, 2.75) is 13.8 Å². The fourth-order valence-electron chi connectivity index (χ4n) is 1.73. The average Bonchev–Trinajstić information content (AvgIpc) is 2.60. The SMILES string of the molecule is C=C(C(=O)N1CCN(C)C1=O)N(CC)CC. The number of urea groups is 1. The van der Waals surface area contributed by atoms with Crippen molar-refractivity contribution in [2.24, 2.45) is 0 Å². The van der Waals surface area contributed by atoms with Crippen LogP contribution in [0, 0.1) is 0 Å². The number of likely N-dealkylation sites (N-methyl/N-ethyl adjacent to an activating group) is 2. The summed E-state index contributed by atoms with van der Waals surface area (Å²) in [6.45, 7) is 10.2. The first-order chi connectivity index (χ1) is 7.52. The number of amides is 3. The minimum Gasteiger partial charge on any atom is -0.368 e. The highest BCUT2D eigenvalue weighted by atomic mass is 16.2. The van der Waals surface area contributed by atoms with Crippen molar-refractivity contribution in [2.75, 3.05) is 33.2 Å². The molecule has 1 rings (SSSR count). The number of imide groups is 1. The zero-order chi connectivity index (χ0) is 12.3. The Morgan fingerprint density at radius 2 is 1.94 bits per heavy atom. The largest absolute Gasteiger partial charge is 0.368 e. The Kier molecular flexibility index (Phi) is 3.93. The molecule has 1 fully saturated rings. The molecule has 0 radical (unpaired) electrons. The zero-order valence-corrected chi connectivity index (χ0v) is 10.2. The first-order valence-electron chi connectivity index (χ1n) is 5.53. The molecule has 0 aromatic rings. The first-order valence-corrected chi connectivity index (χ1v) is 5.53. The van der Waals surface area contributed by atoms with Crippen LogP contribution < -0.4 is 0 Å². The molecule has 1 aliphatic rings. The molecule has 90 valence electrons. The summed E-state index contributed by atoms with van der Waals surface area (Å²) >= 11 is 0. The number of hydrogen-bond acceptors (Lipinski definition) is 3. The third-order valence-electron chi connectivity index (χ3n) is 2.85. The molecule has 3 amide bonds. The molecule has 1 saturated heterocycles. The Morgan fingerprint density at radius 3 is 2.31 bits per heavy atom. The van der Waals surface area contributed by atoms with Gasteiger partial charge < -0.3 is 9.80 Å². The van der Waals surface area contributed by atoms with Gasteiger partial charge in [0.1, 0.15) is 0 Å². The van der Waals surface area contributed by atoms with E-state index in [9.17, 15) is 9.59 Å². The molecule has 0 aliphatic carbocycles. The highest BCUT2D eigenvalue weighted by molar-refractivity contribution is 6.03. The lowest BCUT2D eigenvalue weighted by atomic mass is 10.3. The summed E-state index contributed by atoms with van der Waals surface area (Å²) in [5.41, 5.74) is 0.397. The second-order valence-electron chi connectivity index (χ2n) is 3.78. The Labute approximate surface area is 96.3 Å². The molecule has 0 unspecified atom stereocenters. The van der Waals surface area contributed by atoms with Crippen molar-refractivity contribution in [3.05, 3.63) is 12.3 Å². The number of carbonyl (C=O) groups is 2. The molecule has 0 saturated carbocycles. The average molecular weight is 225 g/mol. The zero-order valence-electron chi connectivity index (χ0n) is 10.2. The van der Waals surface area contributed by atoms with E-state index in [0.29, 0.717) is 18.8 Å². The van der Waals surface area contributed by atoms with Crippen LogP contribution >= 0.6 is 0 Å². The number of rotatable bonds is 4. The molecular weight excluding hydrogens is 206 g/mol. The molecule has 0 aromatic heterocycles. The van der Waals surface area contributed by atoms with Gasteiger partial charge in [0.05, 0.1) is 5.70 Å². The van der Waals surface area contributed by atoms with Gasteiger partial charge in [0.25, 0.3) is 5.91 Å². The van der Waals surface area contributed by atoms with Gasteiger partial charge in [-0.2, -0.15) is 0 Å². The summed E-state index contributed by atoms with van der Waals surface area (Å²) in [6.07, 6.45) is 0. The van der Waals surface area contributed by atoms with Crippen molar-refractivity contribution in [3.8, 4) is 0 Å². The van der Waals surface area contributed by atoms with Crippen LogP contribution in [0.3, 0.4) is 0 Å². The Bertz CT molecular complexity index is 310. The summed E-state index contributed by atoms with van der Waals surface area (Å²) in [6, 6.07) is -0.238. The standard InChI is InChI=1S/C11H19N3O2/c1-5-13(6-2)9(3)10(15)14-8-7-12(4)11(14)16/h3,5-8H2,1-2,4H3. The molecular formula is C11H19N3O2. The van der Waals surface area contributed by atoms with E-state index < -0.39 is 0 Å². The number of carbonyl (C=O) groups excluding carboxylic acids is 2. The van der Waals surface area contributed by atoms with Gasteiger partial charge in [-0.15, -0.1) is 0 Å². The maximum atomic E-state index is 12.0. The molecule has 0 atom stereocenters. The van der Waals surface area contributed by atoms with Crippen LogP contribution in [-0.2, 0) is 4.79 Å². The second kappa shape index (κ2) is 5.01. The maximum Gasteiger partial charge on any atom is 0.326 e. The summed E-state index contributed by atoms with van der Waals surface area (Å²) in [5.74, 6) is -0.280. The van der Waals surface area contributed by atoms with Crippen LogP contribution in [0.5, 0.6) is 0 Å². The Hall–Kier alpha value is -1.52. The van der Waals surface area contributed by atoms with Gasteiger partial charge in [-0.05, 0) is 13.8 Å². The van der Waals surface area contributed by atoms with E-state index in [0.717, 1.165) is 13.1 Å². The fourth-order valence-corrected chi connectivity index (χ4v) is 1.73. The minimum absolute atomic E-state index is 0.238. The molecule has 0 aromatic carbocycles. The predicted octanol–water partition coefficient (Wildman–Crippen LogP) is 0.736. The maximum absolute atomic E-state index is 12.0. The Morgan fingerprint density at radius 1 is 1.38 bits per heavy atom. The molecule has 0 bridgehead atoms. The van der Waals surface area contributed by atoms with E-state index in [1.54, 1.807) is 7.05 Å². The molecule has 1 heterocycles. The highest BCUT2D eigenvalue weighted by Crippen LogP contribution is 2.12. The number of hydrogen-bond donors (Lipinski definition) is 0. The molecule has 5 heteroatoms. The smallest absolute Gasteiger partial charge is 0.326 e. The third kappa shape index (κ3) is 2.18. The van der Waals surface area contributed by atoms with Crippen LogP contribution in [0.1, 0.15) is 13.8 Å². The van der Waals surface area contributed by atoms with Crippen LogP contribution in [0.15, 0.2) is 12.3 Å². The topological polar surface area (TPSA) is 43.9 Å². The van der Waals surface area contributed by atoms with Gasteiger partial charge in [0.15, 0.2) is 0 Å². The van der Waals surface area contributed by atoms with Crippen LogP contribution in [0.2, 0.25) is 0 Å². The van der Waals surface area contributed by atoms with Crippen LogP contribution in [-0.4, -0.2) is 59.9 Å². The monoisotopic (exact) mass is 225 g/mol. The summed E-state index contributed by atoms with van der Waals surface area (Å²) in [4.78, 5) is 28.3. The van der Waals surface area contributed by atoms with Gasteiger partial charge in [-0.3, -0.25) is 9.69 Å². The van der Waals surface area contributed by atoms with Crippen molar-refractivity contribution in [1.82, 2.24) is 14.7 Å². The van der Waals surface area contributed by atoms with E-state index in [1.807, 2.05) is 18.7 Å². The van der Waals surface area contributed by atoms with Crippen molar-refractivity contribution in [1.29, 1.82) is 0 Å². The summed E-state index contributed by atoms with van der Waals surface area (Å²) < 4.78 is 0. The molecule has 5 nitrogen and oxygen atoms in total. The van der Waals surface area contributed by atoms with Crippen molar-refractivity contribution in [3.63, 3.8) is 0 Å². The first kappa shape index (κ1) is 12.5. The van der Waals surface area contributed by atoms with E-state index >= 15 is 0 Å². The van der Waals surface area contributed by atoms with Crippen LogP contribution in [0.4, 0.5) is 4.79 Å². The van der Waals surface area contributed by atoms with E-state index in [4.69, 9.17) is 0 Å². The van der Waals surface area contributed by atoms with E-state index in [1.165, 1.54) is 9.80 Å². The van der Waals surface area contributed by atoms with Crippen LogP contribution in [0.25, 0.3) is 0 Å². The summed E-state index contributed by atoms with van der Waals surface area (Å²) in [7, 11) is 1.69. The number of nitrogens with zero attached hydrogens (tertiary/aromatic N) is 3. The van der Waals surface area contributed by atoms with Gasteiger partial charge in [-0.1, -0.05) is 6.58 Å². The Balaban J connectivity index is 2.71. The summed E-state index contributed by atoms with van der Waals surface area (Å²) in [5, 5.41) is 0. The highest BCUT2D eigenvalue weighted by Gasteiger charge is 2.32. The van der Waals surface area contributed by atoms with Gasteiger partial charge in [0, 0.05) is 33.2 Å². The van der Waals surface area contributed by atoms with Gasteiger partial charge >= 0.3 is 6.03 Å². The second-order valence-corrected chi connectivity index (χ2v) is 3.78. The van der Waals surface area contributed by atoms with Crippen molar-refractivity contribution >= 4 is 11.9 Å². The molecule has 0 spiro atoms. The van der Waals surface area contributed by atoms with Crippen molar-refractivity contribution < 1.29 is 9.59 Å². The fraction of sp³-hybridized carbons (Fsp3) is 0.636.